The molecular formula is C11H15N3O2. The lowest BCUT2D eigenvalue weighted by Gasteiger charge is -2.19. The summed E-state index contributed by atoms with van der Waals surface area (Å²) < 4.78 is 0. The fourth-order valence-corrected chi connectivity index (χ4v) is 1.44. The third-order valence-corrected chi connectivity index (χ3v) is 2.16. The Kier molecular flexibility index (Phi) is 3.50. The van der Waals surface area contributed by atoms with E-state index < -0.39 is 4.92 Å². The van der Waals surface area contributed by atoms with Crippen LogP contribution in [0.15, 0.2) is 30.4 Å². The van der Waals surface area contributed by atoms with Crippen molar-refractivity contribution in [1.82, 2.24) is 0 Å². The van der Waals surface area contributed by atoms with Gasteiger partial charge in [0.25, 0.3) is 5.69 Å². The number of nitrogens with two attached hydrogens (primary N) is 1. The van der Waals surface area contributed by atoms with Gasteiger partial charge in [-0.25, -0.2) is 0 Å². The molecule has 5 nitrogen and oxygen atoms in total. The highest BCUT2D eigenvalue weighted by Gasteiger charge is 2.12. The van der Waals surface area contributed by atoms with Crippen molar-refractivity contribution in [2.75, 3.05) is 24.2 Å². The van der Waals surface area contributed by atoms with Gasteiger partial charge in [-0.2, -0.15) is 0 Å². The highest BCUT2D eigenvalue weighted by molar-refractivity contribution is 5.66. The molecule has 1 aromatic carbocycles. The van der Waals surface area contributed by atoms with Crippen molar-refractivity contribution in [1.29, 1.82) is 0 Å². The highest BCUT2D eigenvalue weighted by atomic mass is 16.6. The van der Waals surface area contributed by atoms with Gasteiger partial charge in [-0.15, -0.1) is 0 Å². The van der Waals surface area contributed by atoms with E-state index in [-0.39, 0.29) is 11.4 Å². The Morgan fingerprint density at radius 3 is 2.69 bits per heavy atom. The molecule has 5 heteroatoms. The molecular weight excluding hydrogens is 206 g/mol. The third-order valence-electron chi connectivity index (χ3n) is 2.16. The van der Waals surface area contributed by atoms with Crippen LogP contribution in [0, 0.1) is 10.1 Å². The van der Waals surface area contributed by atoms with Crippen LogP contribution in [0.1, 0.15) is 6.92 Å². The van der Waals surface area contributed by atoms with Crippen LogP contribution in [0.25, 0.3) is 0 Å². The van der Waals surface area contributed by atoms with Gasteiger partial charge in [-0.1, -0.05) is 12.2 Å². The summed E-state index contributed by atoms with van der Waals surface area (Å²) in [5.74, 6) is 0. The molecule has 0 saturated heterocycles. The fourth-order valence-electron chi connectivity index (χ4n) is 1.44. The minimum Gasteiger partial charge on any atom is -0.393 e. The van der Waals surface area contributed by atoms with Crippen LogP contribution in [0.2, 0.25) is 0 Å². The first-order chi connectivity index (χ1) is 7.41. The van der Waals surface area contributed by atoms with E-state index in [1.54, 1.807) is 12.1 Å². The monoisotopic (exact) mass is 221 g/mol. The van der Waals surface area contributed by atoms with Crippen LogP contribution < -0.4 is 10.6 Å². The van der Waals surface area contributed by atoms with E-state index in [0.717, 1.165) is 11.3 Å². The van der Waals surface area contributed by atoms with Gasteiger partial charge in [0.1, 0.15) is 5.69 Å². The SMILES string of the molecule is C=C(C)CN(C)c1ccc([N+](=O)[O-])c(N)c1. The summed E-state index contributed by atoms with van der Waals surface area (Å²) in [4.78, 5) is 12.0. The largest absolute Gasteiger partial charge is 0.393 e. The van der Waals surface area contributed by atoms with Crippen molar-refractivity contribution in [2.24, 2.45) is 0 Å². The Morgan fingerprint density at radius 2 is 2.25 bits per heavy atom. The average molecular weight is 221 g/mol. The second-order valence-corrected chi connectivity index (χ2v) is 3.81. The van der Waals surface area contributed by atoms with Crippen molar-refractivity contribution in [2.45, 2.75) is 6.92 Å². The number of likely N-dealkylation sites (N-methyl/N-ethyl adjacent to an activating group) is 1. The van der Waals surface area contributed by atoms with Gasteiger partial charge in [0, 0.05) is 25.3 Å². The summed E-state index contributed by atoms with van der Waals surface area (Å²) in [6.07, 6.45) is 0. The fraction of sp³-hybridized carbons (Fsp3) is 0.273. The van der Waals surface area contributed by atoms with Gasteiger partial charge in [0.2, 0.25) is 0 Å². The van der Waals surface area contributed by atoms with Crippen molar-refractivity contribution >= 4 is 17.1 Å². The van der Waals surface area contributed by atoms with Gasteiger partial charge in [0.15, 0.2) is 0 Å². The standard InChI is InChI=1S/C11H15N3O2/c1-8(2)7-13(3)9-4-5-11(14(15)16)10(12)6-9/h4-6H,1,7,12H2,2-3H3. The number of anilines is 2. The second kappa shape index (κ2) is 4.65. The van der Waals surface area contributed by atoms with Crippen LogP contribution in [-0.4, -0.2) is 18.5 Å². The number of nitro groups is 1. The molecule has 0 aliphatic carbocycles. The molecule has 0 atom stereocenters. The molecule has 0 fully saturated rings. The van der Waals surface area contributed by atoms with E-state index in [1.165, 1.54) is 6.07 Å². The first-order valence-electron chi connectivity index (χ1n) is 4.81. The Labute approximate surface area is 94.3 Å². The molecule has 0 aromatic heterocycles. The molecule has 0 unspecified atom stereocenters. The van der Waals surface area contributed by atoms with E-state index >= 15 is 0 Å². The summed E-state index contributed by atoms with van der Waals surface area (Å²) in [6, 6.07) is 4.69. The molecule has 0 amide bonds. The summed E-state index contributed by atoms with van der Waals surface area (Å²) in [5.41, 5.74) is 7.57. The summed E-state index contributed by atoms with van der Waals surface area (Å²) >= 11 is 0. The normalized spacial score (nSPS) is 9.88. The lowest BCUT2D eigenvalue weighted by molar-refractivity contribution is -0.383. The average Bonchev–Trinajstić information content (AvgIpc) is 2.15. The minimum absolute atomic E-state index is 0.0625. The first-order valence-corrected chi connectivity index (χ1v) is 4.81. The maximum atomic E-state index is 10.6. The zero-order valence-corrected chi connectivity index (χ0v) is 9.43. The van der Waals surface area contributed by atoms with Crippen molar-refractivity contribution in [3.63, 3.8) is 0 Å². The molecule has 1 aromatic rings. The predicted molar refractivity (Wildman–Crippen MR) is 65.6 cm³/mol. The van der Waals surface area contributed by atoms with Crippen molar-refractivity contribution in [3.05, 3.63) is 40.5 Å². The number of hydrogen-bond donors (Lipinski definition) is 1. The second-order valence-electron chi connectivity index (χ2n) is 3.81. The molecule has 16 heavy (non-hydrogen) atoms. The molecule has 0 radical (unpaired) electrons. The Balaban J connectivity index is 2.96. The van der Waals surface area contributed by atoms with Gasteiger partial charge in [-0.05, 0) is 19.1 Å². The number of nitrogens with zero attached hydrogens (tertiary/aromatic N) is 2. The van der Waals surface area contributed by atoms with E-state index in [1.807, 2.05) is 18.9 Å². The molecule has 1 rings (SSSR count). The van der Waals surface area contributed by atoms with Gasteiger partial charge in [-0.3, -0.25) is 10.1 Å². The van der Waals surface area contributed by atoms with Crippen LogP contribution in [-0.2, 0) is 0 Å². The van der Waals surface area contributed by atoms with Crippen LogP contribution in [0.5, 0.6) is 0 Å². The first kappa shape index (κ1) is 12.0. The van der Waals surface area contributed by atoms with E-state index in [2.05, 4.69) is 6.58 Å². The molecule has 86 valence electrons. The summed E-state index contributed by atoms with van der Waals surface area (Å²) in [7, 11) is 1.88. The van der Waals surface area contributed by atoms with Gasteiger partial charge >= 0.3 is 0 Å². The molecule has 0 aliphatic rings. The lowest BCUT2D eigenvalue weighted by atomic mass is 10.2. The zero-order valence-electron chi connectivity index (χ0n) is 9.43. The third kappa shape index (κ3) is 2.73. The smallest absolute Gasteiger partial charge is 0.292 e. The van der Waals surface area contributed by atoms with Gasteiger partial charge in [0.05, 0.1) is 4.92 Å². The Bertz CT molecular complexity index is 429. The maximum Gasteiger partial charge on any atom is 0.292 e. The number of nitrogen functional groups attached to an aromatic ring is 1. The van der Waals surface area contributed by atoms with Crippen LogP contribution in [0.4, 0.5) is 17.1 Å². The van der Waals surface area contributed by atoms with Gasteiger partial charge < -0.3 is 10.6 Å². The van der Waals surface area contributed by atoms with Crippen LogP contribution >= 0.6 is 0 Å². The number of benzene rings is 1. The summed E-state index contributed by atoms with van der Waals surface area (Å²) in [5, 5.41) is 10.6. The maximum absolute atomic E-state index is 10.6. The molecule has 0 saturated carbocycles. The predicted octanol–water partition coefficient (Wildman–Crippen LogP) is 2.19. The van der Waals surface area contributed by atoms with Crippen LogP contribution in [0.3, 0.4) is 0 Å². The van der Waals surface area contributed by atoms with Crippen molar-refractivity contribution < 1.29 is 4.92 Å². The quantitative estimate of drug-likeness (QED) is 0.366. The molecule has 0 bridgehead atoms. The number of nitro benzene ring substituents is 1. The highest BCUT2D eigenvalue weighted by Crippen LogP contribution is 2.26. The number of rotatable bonds is 4. The van der Waals surface area contributed by atoms with E-state index in [9.17, 15) is 10.1 Å². The lowest BCUT2D eigenvalue weighted by Crippen LogP contribution is -2.19. The molecule has 0 aliphatic heterocycles. The molecule has 0 spiro atoms. The minimum atomic E-state index is -0.488. The molecule has 2 N–H and O–H groups in total. The topological polar surface area (TPSA) is 72.4 Å². The molecule has 0 heterocycles. The zero-order chi connectivity index (χ0) is 12.3. The van der Waals surface area contributed by atoms with E-state index in [0.29, 0.717) is 6.54 Å². The Morgan fingerprint density at radius 1 is 1.62 bits per heavy atom. The summed E-state index contributed by atoms with van der Waals surface area (Å²) in [6.45, 7) is 6.42. The van der Waals surface area contributed by atoms with Crippen molar-refractivity contribution in [3.8, 4) is 0 Å². The Hall–Kier alpha value is -2.04. The van der Waals surface area contributed by atoms with E-state index in [4.69, 9.17) is 5.73 Å². The number of hydrogen-bond acceptors (Lipinski definition) is 4.